The lowest BCUT2D eigenvalue weighted by Gasteiger charge is -2.26. The van der Waals surface area contributed by atoms with Gasteiger partial charge in [0.05, 0.1) is 11.0 Å². The molecule has 14 rings (SSSR count). The monoisotopic (exact) mass is 930 g/mol. The number of fused-ring (bicyclic) bond motifs is 8. The molecule has 0 aliphatic carbocycles. The standard InChI is InChI=1S/C70H46N2O/c1-4-15-49(16-5-1)59-42-34-53(45-66(59)50-17-6-2-7-18-50)47-27-36-56(37-28-47)71(58-40-31-52(32-41-58)61-24-14-25-65-63-23-12-13-26-68(63)73-70(61)65)57-38-29-48(30-39-57)54-35-43-62-64-44-33-51-19-10-11-22-60(51)69(64)72(67(62)46-54)55-20-8-3-9-21-55/h1-46H. The summed E-state index contributed by atoms with van der Waals surface area (Å²) in [4.78, 5) is 2.36. The molecule has 342 valence electrons. The smallest absolute Gasteiger partial charge is 0.143 e. The van der Waals surface area contributed by atoms with E-state index >= 15 is 0 Å². The molecule has 0 N–H and O–H groups in total. The van der Waals surface area contributed by atoms with Gasteiger partial charge in [-0.3, -0.25) is 0 Å². The van der Waals surface area contributed by atoms with Crippen LogP contribution < -0.4 is 4.90 Å². The summed E-state index contributed by atoms with van der Waals surface area (Å²) in [5.41, 5.74) is 20.2. The van der Waals surface area contributed by atoms with Crippen molar-refractivity contribution in [1.82, 2.24) is 4.57 Å². The Hall–Kier alpha value is -9.70. The predicted molar refractivity (Wildman–Crippen MR) is 307 cm³/mol. The summed E-state index contributed by atoms with van der Waals surface area (Å²) in [5.74, 6) is 0. The molecule has 0 radical (unpaired) electrons. The van der Waals surface area contributed by atoms with E-state index in [1.807, 2.05) is 12.1 Å². The minimum atomic E-state index is 0.898. The van der Waals surface area contributed by atoms with Crippen LogP contribution in [0.15, 0.2) is 283 Å². The van der Waals surface area contributed by atoms with Crippen LogP contribution in [0.25, 0.3) is 116 Å². The maximum absolute atomic E-state index is 6.48. The molecule has 14 aromatic rings. The van der Waals surface area contributed by atoms with Gasteiger partial charge in [-0.1, -0.05) is 212 Å². The number of aromatic nitrogens is 1. The molecule has 73 heavy (non-hydrogen) atoms. The third-order valence-corrected chi connectivity index (χ3v) is 14.6. The highest BCUT2D eigenvalue weighted by Gasteiger charge is 2.19. The first kappa shape index (κ1) is 42.2. The van der Waals surface area contributed by atoms with Crippen molar-refractivity contribution in [3.05, 3.63) is 279 Å². The second kappa shape index (κ2) is 17.6. The third kappa shape index (κ3) is 7.37. The van der Waals surface area contributed by atoms with E-state index < -0.39 is 0 Å². The van der Waals surface area contributed by atoms with E-state index in [9.17, 15) is 0 Å². The first-order valence-electron chi connectivity index (χ1n) is 25.0. The summed E-state index contributed by atoms with van der Waals surface area (Å²) < 4.78 is 8.92. The highest BCUT2D eigenvalue weighted by molar-refractivity contribution is 6.19. The number of para-hydroxylation sites is 3. The molecule has 0 fully saturated rings. The van der Waals surface area contributed by atoms with Crippen LogP contribution in [-0.4, -0.2) is 4.57 Å². The summed E-state index contributed by atoms with van der Waals surface area (Å²) >= 11 is 0. The van der Waals surface area contributed by atoms with Crippen LogP contribution in [0.1, 0.15) is 0 Å². The number of rotatable bonds is 9. The lowest BCUT2D eigenvalue weighted by Crippen LogP contribution is -2.09. The van der Waals surface area contributed by atoms with Gasteiger partial charge in [0, 0.05) is 55.2 Å². The average molecular weight is 931 g/mol. The Morgan fingerprint density at radius 3 is 1.48 bits per heavy atom. The van der Waals surface area contributed by atoms with Gasteiger partial charge in [-0.05, 0) is 122 Å². The fraction of sp³-hybridized carbons (Fsp3) is 0. The number of furan rings is 1. The molecule has 0 atom stereocenters. The maximum Gasteiger partial charge on any atom is 0.143 e. The average Bonchev–Trinajstić information content (AvgIpc) is 4.02. The highest BCUT2D eigenvalue weighted by Crippen LogP contribution is 2.43. The van der Waals surface area contributed by atoms with E-state index in [2.05, 4.69) is 276 Å². The van der Waals surface area contributed by atoms with Gasteiger partial charge in [0.15, 0.2) is 0 Å². The Kier molecular flexibility index (Phi) is 10.2. The van der Waals surface area contributed by atoms with E-state index in [0.29, 0.717) is 0 Å². The minimum Gasteiger partial charge on any atom is -0.455 e. The molecule has 3 heteroatoms. The van der Waals surface area contributed by atoms with Crippen LogP contribution in [-0.2, 0) is 0 Å². The van der Waals surface area contributed by atoms with Crippen LogP contribution in [0.3, 0.4) is 0 Å². The largest absolute Gasteiger partial charge is 0.455 e. The second-order valence-corrected chi connectivity index (χ2v) is 18.8. The van der Waals surface area contributed by atoms with Gasteiger partial charge in [-0.25, -0.2) is 0 Å². The van der Waals surface area contributed by atoms with Crippen molar-refractivity contribution in [2.45, 2.75) is 0 Å². The van der Waals surface area contributed by atoms with Crippen LogP contribution >= 0.6 is 0 Å². The number of nitrogens with zero attached hydrogens (tertiary/aromatic N) is 2. The topological polar surface area (TPSA) is 21.3 Å². The normalized spacial score (nSPS) is 11.6. The summed E-state index contributed by atoms with van der Waals surface area (Å²) in [7, 11) is 0. The lowest BCUT2D eigenvalue weighted by molar-refractivity contribution is 0.670. The van der Waals surface area contributed by atoms with Crippen molar-refractivity contribution in [2.75, 3.05) is 4.90 Å². The number of benzene rings is 12. The zero-order chi connectivity index (χ0) is 48.2. The van der Waals surface area contributed by atoms with Crippen molar-refractivity contribution in [2.24, 2.45) is 0 Å². The first-order valence-corrected chi connectivity index (χ1v) is 25.0. The Bertz CT molecular complexity index is 4330. The van der Waals surface area contributed by atoms with Gasteiger partial charge < -0.3 is 13.9 Å². The van der Waals surface area contributed by atoms with Crippen molar-refractivity contribution < 1.29 is 4.42 Å². The van der Waals surface area contributed by atoms with Gasteiger partial charge in [-0.15, -0.1) is 0 Å². The van der Waals surface area contributed by atoms with Crippen LogP contribution in [0.5, 0.6) is 0 Å². The summed E-state index contributed by atoms with van der Waals surface area (Å²) in [6.45, 7) is 0. The van der Waals surface area contributed by atoms with Crippen LogP contribution in [0, 0.1) is 0 Å². The molecule has 0 amide bonds. The zero-order valence-electron chi connectivity index (χ0n) is 39.9. The molecule has 0 saturated heterocycles. The molecule has 0 unspecified atom stereocenters. The van der Waals surface area contributed by atoms with E-state index in [4.69, 9.17) is 4.42 Å². The van der Waals surface area contributed by atoms with Gasteiger partial charge in [0.1, 0.15) is 11.2 Å². The summed E-state index contributed by atoms with van der Waals surface area (Å²) in [5, 5.41) is 7.23. The molecule has 2 heterocycles. The molecule has 12 aromatic carbocycles. The van der Waals surface area contributed by atoms with Gasteiger partial charge in [-0.2, -0.15) is 0 Å². The molecule has 0 bridgehead atoms. The van der Waals surface area contributed by atoms with Gasteiger partial charge in [0.25, 0.3) is 0 Å². The van der Waals surface area contributed by atoms with E-state index in [0.717, 1.165) is 72.5 Å². The Balaban J connectivity index is 0.864. The SMILES string of the molecule is c1ccc(-c2ccc(-c3ccc(N(c4ccc(-c5ccc6c7ccc8ccccc8c7n(-c7ccccc7)c6c5)cc4)c4ccc(-c5cccc6c5oc5ccccc56)cc4)cc3)cc2-c2ccccc2)cc1. The van der Waals surface area contributed by atoms with Gasteiger partial charge in [0.2, 0.25) is 0 Å². The molecule has 0 saturated carbocycles. The Morgan fingerprint density at radius 1 is 0.288 bits per heavy atom. The second-order valence-electron chi connectivity index (χ2n) is 18.8. The van der Waals surface area contributed by atoms with Crippen molar-refractivity contribution in [3.63, 3.8) is 0 Å². The quantitative estimate of drug-likeness (QED) is 0.144. The van der Waals surface area contributed by atoms with Gasteiger partial charge >= 0.3 is 0 Å². The fourth-order valence-electron chi connectivity index (χ4n) is 11.1. The lowest BCUT2D eigenvalue weighted by atomic mass is 9.91. The minimum absolute atomic E-state index is 0.898. The van der Waals surface area contributed by atoms with E-state index in [1.165, 1.54) is 60.4 Å². The molecule has 0 aliphatic rings. The Morgan fingerprint density at radius 2 is 0.795 bits per heavy atom. The zero-order valence-corrected chi connectivity index (χ0v) is 39.9. The summed E-state index contributed by atoms with van der Waals surface area (Å²) in [6.07, 6.45) is 0. The molecule has 2 aromatic heterocycles. The number of anilines is 3. The van der Waals surface area contributed by atoms with E-state index in [1.54, 1.807) is 0 Å². The molecular weight excluding hydrogens is 885 g/mol. The molecule has 3 nitrogen and oxygen atoms in total. The van der Waals surface area contributed by atoms with Crippen molar-refractivity contribution in [1.29, 1.82) is 0 Å². The number of hydrogen-bond donors (Lipinski definition) is 0. The van der Waals surface area contributed by atoms with Crippen LogP contribution in [0.2, 0.25) is 0 Å². The Labute approximate surface area is 423 Å². The van der Waals surface area contributed by atoms with Crippen LogP contribution in [0.4, 0.5) is 17.1 Å². The fourth-order valence-corrected chi connectivity index (χ4v) is 11.1. The first-order chi connectivity index (χ1) is 36.2. The third-order valence-electron chi connectivity index (χ3n) is 14.6. The highest BCUT2D eigenvalue weighted by atomic mass is 16.3. The van der Waals surface area contributed by atoms with Crippen molar-refractivity contribution in [3.8, 4) is 61.3 Å². The molecule has 0 aliphatic heterocycles. The number of hydrogen-bond acceptors (Lipinski definition) is 2. The maximum atomic E-state index is 6.48. The summed E-state index contributed by atoms with van der Waals surface area (Å²) in [6, 6.07) is 101. The predicted octanol–water partition coefficient (Wildman–Crippen LogP) is 19.6. The molecule has 0 spiro atoms. The van der Waals surface area contributed by atoms with Crippen molar-refractivity contribution >= 4 is 71.6 Å². The van der Waals surface area contributed by atoms with E-state index in [-0.39, 0.29) is 0 Å². The molecular formula is C70H46N2O.